The standard InChI is InChI=1S/C27H30F3N3S.H3NO2S/c1-17-9-10-20(16-18(17)2)31-13-5-8-23-24(25(28)27(29)30)21-6-4-7-22(26(21)34-23)32-19-11-14-33(3)15-12-19;1-4(2)3/h4,6-7,9-10,16,19,25,27,31-32H,11-15H2,1-3H3;1H2,(H,2,3)/p-1. The van der Waals surface area contributed by atoms with Crippen molar-refractivity contribution >= 4 is 44.1 Å². The quantitative estimate of drug-likeness (QED) is 0.271. The second-order valence-corrected chi connectivity index (χ2v) is 10.7. The Morgan fingerprint density at radius 3 is 2.50 bits per heavy atom. The first-order valence-electron chi connectivity index (χ1n) is 12.1. The van der Waals surface area contributed by atoms with E-state index in [1.165, 1.54) is 22.5 Å². The Morgan fingerprint density at radius 2 is 1.87 bits per heavy atom. The van der Waals surface area contributed by atoms with Gasteiger partial charge in [0, 0.05) is 33.9 Å². The monoisotopic (exact) mass is 565 g/mol. The van der Waals surface area contributed by atoms with Gasteiger partial charge in [-0.15, -0.1) is 11.3 Å². The molecular formula is C27H32F3N4O2S2-. The lowest BCUT2D eigenvalue weighted by Crippen LogP contribution is -2.36. The van der Waals surface area contributed by atoms with Crippen molar-refractivity contribution in [1.29, 1.82) is 0 Å². The van der Waals surface area contributed by atoms with Crippen LogP contribution < -0.4 is 15.8 Å². The smallest absolute Gasteiger partial charge is 0.273 e. The number of nitrogens with two attached hydrogens (primary N) is 1. The number of anilines is 2. The Kier molecular flexibility index (Phi) is 11.0. The second-order valence-electron chi connectivity index (χ2n) is 9.20. The van der Waals surface area contributed by atoms with Crippen molar-refractivity contribution < 1.29 is 21.9 Å². The Balaban J connectivity index is 0.000000934. The van der Waals surface area contributed by atoms with Crippen molar-refractivity contribution in [2.24, 2.45) is 5.14 Å². The van der Waals surface area contributed by atoms with Crippen LogP contribution in [-0.4, -0.2) is 52.8 Å². The molecule has 3 aromatic rings. The van der Waals surface area contributed by atoms with E-state index >= 15 is 0 Å². The molecule has 4 N–H and O–H groups in total. The number of nitrogens with one attached hydrogen (secondary N) is 2. The first-order valence-corrected chi connectivity index (χ1v) is 14.1. The molecule has 1 aliphatic rings. The van der Waals surface area contributed by atoms with Crippen molar-refractivity contribution in [3.8, 4) is 11.8 Å². The number of benzene rings is 2. The van der Waals surface area contributed by atoms with Crippen molar-refractivity contribution in [3.05, 3.63) is 58.0 Å². The maximum Gasteiger partial charge on any atom is 0.273 e. The summed E-state index contributed by atoms with van der Waals surface area (Å²) >= 11 is -1.07. The van der Waals surface area contributed by atoms with Gasteiger partial charge in [-0.2, -0.15) is 0 Å². The molecule has 11 heteroatoms. The molecule has 0 radical (unpaired) electrons. The Morgan fingerprint density at radius 1 is 1.18 bits per heavy atom. The number of fused-ring (bicyclic) bond motifs is 1. The number of rotatable bonds is 6. The average molecular weight is 566 g/mol. The highest BCUT2D eigenvalue weighted by molar-refractivity contribution is 7.76. The molecule has 0 bridgehead atoms. The normalized spacial score (nSPS) is 15.8. The highest BCUT2D eigenvalue weighted by Crippen LogP contribution is 2.42. The third kappa shape index (κ3) is 8.19. The molecule has 2 atom stereocenters. The van der Waals surface area contributed by atoms with Crippen LogP contribution in [0.25, 0.3) is 10.1 Å². The summed E-state index contributed by atoms with van der Waals surface area (Å²) in [6.07, 6.45) is -3.46. The van der Waals surface area contributed by atoms with Crippen LogP contribution in [0.15, 0.2) is 36.4 Å². The highest BCUT2D eigenvalue weighted by Gasteiger charge is 2.29. The van der Waals surface area contributed by atoms with E-state index in [9.17, 15) is 13.2 Å². The zero-order valence-electron chi connectivity index (χ0n) is 21.5. The fraction of sp³-hybridized carbons (Fsp3) is 0.407. The predicted molar refractivity (Wildman–Crippen MR) is 150 cm³/mol. The summed E-state index contributed by atoms with van der Waals surface area (Å²) in [6.45, 7) is 6.44. The van der Waals surface area contributed by atoms with Gasteiger partial charge >= 0.3 is 0 Å². The minimum Gasteiger partial charge on any atom is -0.760 e. The lowest BCUT2D eigenvalue weighted by molar-refractivity contribution is 0.0504. The van der Waals surface area contributed by atoms with Crippen LogP contribution in [0.3, 0.4) is 0 Å². The summed E-state index contributed by atoms with van der Waals surface area (Å²) < 4.78 is 59.9. The number of nitrogens with zero attached hydrogens (tertiary/aromatic N) is 1. The zero-order chi connectivity index (χ0) is 27.8. The molecule has 1 aliphatic heterocycles. The molecule has 4 rings (SSSR count). The van der Waals surface area contributed by atoms with Crippen molar-refractivity contribution in [1.82, 2.24) is 4.90 Å². The topological polar surface area (TPSA) is 93.4 Å². The summed E-state index contributed by atoms with van der Waals surface area (Å²) in [6, 6.07) is 11.8. The third-order valence-electron chi connectivity index (χ3n) is 6.42. The van der Waals surface area contributed by atoms with E-state index in [-0.39, 0.29) is 5.56 Å². The summed E-state index contributed by atoms with van der Waals surface area (Å²) in [5.74, 6) is 5.97. The zero-order valence-corrected chi connectivity index (χ0v) is 23.2. The third-order valence-corrected chi connectivity index (χ3v) is 7.59. The van der Waals surface area contributed by atoms with Gasteiger partial charge in [0.2, 0.25) is 0 Å². The number of likely N-dealkylation sites (tertiary alicyclic amines) is 1. The fourth-order valence-electron chi connectivity index (χ4n) is 4.24. The molecule has 1 saturated heterocycles. The van der Waals surface area contributed by atoms with E-state index in [0.717, 1.165) is 42.0 Å². The molecule has 2 heterocycles. The van der Waals surface area contributed by atoms with Crippen molar-refractivity contribution in [3.63, 3.8) is 0 Å². The van der Waals surface area contributed by atoms with Crippen LogP contribution in [0.1, 0.15) is 40.6 Å². The van der Waals surface area contributed by atoms with E-state index in [2.05, 4.69) is 39.6 Å². The van der Waals surface area contributed by atoms with Crippen LogP contribution >= 0.6 is 11.3 Å². The van der Waals surface area contributed by atoms with Crippen molar-refractivity contribution in [2.45, 2.75) is 45.3 Å². The second kappa shape index (κ2) is 14.0. The molecule has 38 heavy (non-hydrogen) atoms. The summed E-state index contributed by atoms with van der Waals surface area (Å²) in [5, 5.41) is 11.3. The largest absolute Gasteiger partial charge is 0.760 e. The number of hydrogen-bond acceptors (Lipinski definition) is 6. The molecule has 2 aromatic carbocycles. The van der Waals surface area contributed by atoms with E-state index in [4.69, 9.17) is 8.76 Å². The molecule has 0 saturated carbocycles. The molecule has 1 fully saturated rings. The van der Waals surface area contributed by atoms with Crippen LogP contribution in [-0.2, 0) is 11.3 Å². The van der Waals surface area contributed by atoms with Gasteiger partial charge in [-0.25, -0.2) is 13.2 Å². The van der Waals surface area contributed by atoms with E-state index < -0.39 is 23.9 Å². The van der Waals surface area contributed by atoms with Gasteiger partial charge in [-0.05, 0) is 76.2 Å². The molecule has 206 valence electrons. The van der Waals surface area contributed by atoms with E-state index in [1.54, 1.807) is 12.1 Å². The van der Waals surface area contributed by atoms with Crippen LogP contribution in [0.4, 0.5) is 24.5 Å². The molecule has 1 aromatic heterocycles. The minimum absolute atomic E-state index is 0.000655. The summed E-state index contributed by atoms with van der Waals surface area (Å²) in [5.41, 5.74) is 4.18. The van der Waals surface area contributed by atoms with Crippen molar-refractivity contribution in [2.75, 3.05) is 37.3 Å². The summed E-state index contributed by atoms with van der Waals surface area (Å²) in [4.78, 5) is 2.65. The Labute approximate surface area is 228 Å². The maximum atomic E-state index is 14.7. The Bertz CT molecular complexity index is 1310. The molecule has 0 spiro atoms. The maximum absolute atomic E-state index is 14.7. The van der Waals surface area contributed by atoms with Crippen LogP contribution in [0.5, 0.6) is 0 Å². The van der Waals surface area contributed by atoms with Gasteiger partial charge in [0.1, 0.15) is 0 Å². The van der Waals surface area contributed by atoms with Crippen LogP contribution in [0, 0.1) is 25.7 Å². The lowest BCUT2D eigenvalue weighted by Gasteiger charge is -2.30. The number of piperidine rings is 1. The number of alkyl halides is 3. The number of hydrogen-bond donors (Lipinski definition) is 3. The van der Waals surface area contributed by atoms with Gasteiger partial charge in [0.15, 0.2) is 6.17 Å². The highest BCUT2D eigenvalue weighted by atomic mass is 32.2. The minimum atomic E-state index is -3.10. The first-order chi connectivity index (χ1) is 18.1. The molecule has 2 unspecified atom stereocenters. The number of thiophene rings is 1. The van der Waals surface area contributed by atoms with Gasteiger partial charge < -0.3 is 20.1 Å². The number of halogens is 3. The van der Waals surface area contributed by atoms with Gasteiger partial charge in [0.05, 0.1) is 21.8 Å². The molecule has 6 nitrogen and oxygen atoms in total. The lowest BCUT2D eigenvalue weighted by atomic mass is 10.0. The van der Waals surface area contributed by atoms with Gasteiger partial charge in [0.25, 0.3) is 6.43 Å². The predicted octanol–water partition coefficient (Wildman–Crippen LogP) is 5.50. The SMILES string of the molecule is Cc1ccc(NCC#Cc2sc3c(NC4CCN(C)CC4)cccc3c2C(F)C(F)F)cc1C.NS(=O)[O-]. The molecule has 0 aliphatic carbocycles. The van der Waals surface area contributed by atoms with Crippen LogP contribution in [0.2, 0.25) is 0 Å². The molecule has 0 amide bonds. The first kappa shape index (κ1) is 29.9. The Hall–Kier alpha value is -2.62. The van der Waals surface area contributed by atoms with Gasteiger partial charge in [-0.1, -0.05) is 30.0 Å². The molecular weight excluding hydrogens is 533 g/mol. The van der Waals surface area contributed by atoms with E-state index in [1.807, 2.05) is 38.1 Å². The fourth-order valence-corrected chi connectivity index (χ4v) is 5.42. The number of aryl methyl sites for hydroxylation is 2. The average Bonchev–Trinajstić information content (AvgIpc) is 3.23. The van der Waals surface area contributed by atoms with E-state index in [0.29, 0.717) is 22.8 Å². The van der Waals surface area contributed by atoms with Gasteiger partial charge in [-0.3, -0.25) is 9.35 Å². The summed E-state index contributed by atoms with van der Waals surface area (Å²) in [7, 11) is 2.11.